The molecule has 7 heteroatoms. The van der Waals surface area contributed by atoms with Crippen molar-refractivity contribution in [1.82, 2.24) is 4.72 Å². The summed E-state index contributed by atoms with van der Waals surface area (Å²) in [6, 6.07) is 4.81. The van der Waals surface area contributed by atoms with E-state index in [0.29, 0.717) is 0 Å². The lowest BCUT2D eigenvalue weighted by Gasteiger charge is -2.27. The molecule has 0 aromatic heterocycles. The second kappa shape index (κ2) is 6.42. The van der Waals surface area contributed by atoms with Crippen molar-refractivity contribution < 1.29 is 22.3 Å². The molecule has 1 aromatic carbocycles. The zero-order valence-electron chi connectivity index (χ0n) is 11.1. The van der Waals surface area contributed by atoms with Gasteiger partial charge in [-0.1, -0.05) is 6.07 Å². The summed E-state index contributed by atoms with van der Waals surface area (Å²) >= 11 is 0. The van der Waals surface area contributed by atoms with Gasteiger partial charge in [0.2, 0.25) is 10.0 Å². The maximum Gasteiger partial charge on any atom is 0.240 e. The van der Waals surface area contributed by atoms with Crippen LogP contribution in [0.5, 0.6) is 0 Å². The molecule has 1 unspecified atom stereocenters. The Morgan fingerprint density at radius 1 is 1.37 bits per heavy atom. The third-order valence-electron chi connectivity index (χ3n) is 2.68. The highest BCUT2D eigenvalue weighted by Gasteiger charge is 2.26. The number of benzene rings is 1. The Kier molecular flexibility index (Phi) is 5.42. The first kappa shape index (κ1) is 16.0. The number of sulfonamides is 1. The molecule has 5 nitrogen and oxygen atoms in total. The molecule has 0 aliphatic carbocycles. The predicted octanol–water partition coefficient (Wildman–Crippen LogP) is 1.16. The van der Waals surface area contributed by atoms with E-state index in [1.807, 2.05) is 0 Å². The first-order valence-corrected chi connectivity index (χ1v) is 7.11. The Balaban J connectivity index is 2.81. The standard InChI is InChI=1S/C12H18FNO4S/c1-12(18-3,9-17-2)8-14-19(15,16)11-6-4-5-10(13)7-11/h4-7,14H,8-9H2,1-3H3. The van der Waals surface area contributed by atoms with Crippen LogP contribution in [-0.2, 0) is 19.5 Å². The van der Waals surface area contributed by atoms with Crippen LogP contribution in [0.4, 0.5) is 4.39 Å². The molecule has 19 heavy (non-hydrogen) atoms. The maximum absolute atomic E-state index is 13.0. The van der Waals surface area contributed by atoms with E-state index >= 15 is 0 Å². The van der Waals surface area contributed by atoms with Gasteiger partial charge in [0.05, 0.1) is 11.5 Å². The Hall–Kier alpha value is -1.02. The number of halogens is 1. The van der Waals surface area contributed by atoms with E-state index in [1.165, 1.54) is 32.4 Å². The topological polar surface area (TPSA) is 64.6 Å². The van der Waals surface area contributed by atoms with Crippen molar-refractivity contribution in [3.63, 3.8) is 0 Å². The Morgan fingerprint density at radius 2 is 2.05 bits per heavy atom. The number of methoxy groups -OCH3 is 2. The SMILES string of the molecule is COCC(C)(CNS(=O)(=O)c1cccc(F)c1)OC. The van der Waals surface area contributed by atoms with Crippen LogP contribution in [0.3, 0.4) is 0 Å². The summed E-state index contributed by atoms with van der Waals surface area (Å²) in [6.45, 7) is 1.97. The first-order chi connectivity index (χ1) is 8.83. The number of nitrogens with one attached hydrogen (secondary N) is 1. The molecule has 0 bridgehead atoms. The third-order valence-corrected chi connectivity index (χ3v) is 4.08. The van der Waals surface area contributed by atoms with Crippen molar-refractivity contribution in [1.29, 1.82) is 0 Å². The molecule has 1 rings (SSSR count). The predicted molar refractivity (Wildman–Crippen MR) is 68.9 cm³/mol. The number of rotatable bonds is 7. The lowest BCUT2D eigenvalue weighted by molar-refractivity contribution is -0.0460. The van der Waals surface area contributed by atoms with Crippen LogP contribution in [0.2, 0.25) is 0 Å². The van der Waals surface area contributed by atoms with E-state index in [9.17, 15) is 12.8 Å². The molecule has 1 aromatic rings. The summed E-state index contributed by atoms with van der Waals surface area (Å²) in [5.74, 6) is -0.603. The highest BCUT2D eigenvalue weighted by Crippen LogP contribution is 2.13. The van der Waals surface area contributed by atoms with E-state index in [0.717, 1.165) is 6.07 Å². The quantitative estimate of drug-likeness (QED) is 0.818. The zero-order chi connectivity index (χ0) is 14.5. The molecule has 0 aliphatic heterocycles. The van der Waals surface area contributed by atoms with E-state index in [4.69, 9.17) is 9.47 Å². The summed E-state index contributed by atoms with van der Waals surface area (Å²) in [4.78, 5) is -0.122. The van der Waals surface area contributed by atoms with Gasteiger partial charge in [-0.3, -0.25) is 0 Å². The second-order valence-electron chi connectivity index (χ2n) is 4.37. The van der Waals surface area contributed by atoms with Gasteiger partial charge >= 0.3 is 0 Å². The van der Waals surface area contributed by atoms with Gasteiger partial charge in [-0.15, -0.1) is 0 Å². The highest BCUT2D eigenvalue weighted by atomic mass is 32.2. The number of hydrogen-bond acceptors (Lipinski definition) is 4. The lowest BCUT2D eigenvalue weighted by Crippen LogP contribution is -2.45. The van der Waals surface area contributed by atoms with Gasteiger partial charge < -0.3 is 9.47 Å². The lowest BCUT2D eigenvalue weighted by atomic mass is 10.1. The first-order valence-electron chi connectivity index (χ1n) is 5.62. The van der Waals surface area contributed by atoms with Gasteiger partial charge in [0.25, 0.3) is 0 Å². The fourth-order valence-corrected chi connectivity index (χ4v) is 2.64. The number of hydrogen-bond donors (Lipinski definition) is 1. The van der Waals surface area contributed by atoms with Gasteiger partial charge in [-0.2, -0.15) is 0 Å². The van der Waals surface area contributed by atoms with Gasteiger partial charge in [0.1, 0.15) is 11.4 Å². The van der Waals surface area contributed by atoms with Crippen molar-refractivity contribution in [2.24, 2.45) is 0 Å². The summed E-state index contributed by atoms with van der Waals surface area (Å²) in [5.41, 5.74) is -0.783. The molecule has 0 radical (unpaired) electrons. The summed E-state index contributed by atoms with van der Waals surface area (Å²) in [6.07, 6.45) is 0. The fourth-order valence-electron chi connectivity index (χ4n) is 1.45. The van der Waals surface area contributed by atoms with Crippen molar-refractivity contribution in [2.45, 2.75) is 17.4 Å². The molecule has 0 heterocycles. The Bertz CT molecular complexity index is 520. The molecular formula is C12H18FNO4S. The van der Waals surface area contributed by atoms with Gasteiger partial charge in [0, 0.05) is 20.8 Å². The second-order valence-corrected chi connectivity index (χ2v) is 6.14. The summed E-state index contributed by atoms with van der Waals surface area (Å²) in [5, 5.41) is 0. The smallest absolute Gasteiger partial charge is 0.240 e. The largest absolute Gasteiger partial charge is 0.382 e. The van der Waals surface area contributed by atoms with Crippen molar-refractivity contribution >= 4 is 10.0 Å². The van der Waals surface area contributed by atoms with E-state index < -0.39 is 21.4 Å². The Labute approximate surface area is 112 Å². The van der Waals surface area contributed by atoms with E-state index in [-0.39, 0.29) is 18.0 Å². The van der Waals surface area contributed by atoms with Crippen LogP contribution in [0.25, 0.3) is 0 Å². The molecule has 0 amide bonds. The zero-order valence-corrected chi connectivity index (χ0v) is 12.0. The summed E-state index contributed by atoms with van der Waals surface area (Å²) in [7, 11) is -0.804. The molecule has 0 spiro atoms. The minimum Gasteiger partial charge on any atom is -0.382 e. The molecule has 108 valence electrons. The molecule has 0 aliphatic rings. The van der Waals surface area contributed by atoms with Gasteiger partial charge in [-0.05, 0) is 25.1 Å². The molecular weight excluding hydrogens is 273 g/mol. The van der Waals surface area contributed by atoms with Crippen LogP contribution in [-0.4, -0.2) is 41.4 Å². The maximum atomic E-state index is 13.0. The number of ether oxygens (including phenoxy) is 2. The van der Waals surface area contributed by atoms with Crippen LogP contribution in [0.1, 0.15) is 6.92 Å². The minimum absolute atomic E-state index is 0.0240. The van der Waals surface area contributed by atoms with E-state index in [1.54, 1.807) is 6.92 Å². The van der Waals surface area contributed by atoms with Gasteiger partial charge in [-0.25, -0.2) is 17.5 Å². The summed E-state index contributed by atoms with van der Waals surface area (Å²) < 4.78 is 49.5. The Morgan fingerprint density at radius 3 is 2.58 bits per heavy atom. The van der Waals surface area contributed by atoms with Crippen LogP contribution >= 0.6 is 0 Å². The molecule has 0 saturated carbocycles. The van der Waals surface area contributed by atoms with E-state index in [2.05, 4.69) is 4.72 Å². The normalized spacial score (nSPS) is 15.2. The highest BCUT2D eigenvalue weighted by molar-refractivity contribution is 7.89. The fraction of sp³-hybridized carbons (Fsp3) is 0.500. The average Bonchev–Trinajstić information content (AvgIpc) is 2.37. The molecule has 1 N–H and O–H groups in total. The van der Waals surface area contributed by atoms with Crippen LogP contribution in [0.15, 0.2) is 29.2 Å². The van der Waals surface area contributed by atoms with Crippen LogP contribution in [0, 0.1) is 5.82 Å². The average molecular weight is 291 g/mol. The minimum atomic E-state index is -3.77. The van der Waals surface area contributed by atoms with Gasteiger partial charge in [0.15, 0.2) is 0 Å². The molecule has 0 fully saturated rings. The third kappa shape index (κ3) is 4.54. The van der Waals surface area contributed by atoms with Crippen LogP contribution < -0.4 is 4.72 Å². The van der Waals surface area contributed by atoms with Crippen molar-refractivity contribution in [2.75, 3.05) is 27.4 Å². The monoisotopic (exact) mass is 291 g/mol. The van der Waals surface area contributed by atoms with Crippen molar-refractivity contribution in [3.05, 3.63) is 30.1 Å². The molecule has 0 saturated heterocycles. The van der Waals surface area contributed by atoms with Crippen molar-refractivity contribution in [3.8, 4) is 0 Å². The molecule has 1 atom stereocenters.